The van der Waals surface area contributed by atoms with E-state index in [1.54, 1.807) is 0 Å². The summed E-state index contributed by atoms with van der Waals surface area (Å²) in [5, 5.41) is 0.200. The van der Waals surface area contributed by atoms with Crippen LogP contribution in [-0.2, 0) is 10.0 Å². The van der Waals surface area contributed by atoms with E-state index in [1.165, 1.54) is 23.5 Å². The maximum Gasteiger partial charge on any atom is 0.244 e. The smallest absolute Gasteiger partial charge is 0.244 e. The molecule has 0 amide bonds. The molecule has 0 spiro atoms. The van der Waals surface area contributed by atoms with E-state index < -0.39 is 10.0 Å². The van der Waals surface area contributed by atoms with Crippen LogP contribution in [0, 0.1) is 5.41 Å². The largest absolute Gasteiger partial charge is 0.396 e. The summed E-state index contributed by atoms with van der Waals surface area (Å²) in [6.45, 7) is 7.77. The molecule has 0 bridgehead atoms. The number of rotatable bonds is 3. The predicted molar refractivity (Wildman–Crippen MR) is 84.7 cm³/mol. The highest BCUT2D eigenvalue weighted by molar-refractivity contribution is 7.89. The number of hydrogen-bond donors (Lipinski definition) is 1. The molecule has 0 aliphatic heterocycles. The fourth-order valence-electron chi connectivity index (χ4n) is 1.66. The molecule has 7 heteroatoms. The van der Waals surface area contributed by atoms with Gasteiger partial charge < -0.3 is 5.73 Å². The molecule has 0 aliphatic rings. The Labute approximate surface area is 130 Å². The van der Waals surface area contributed by atoms with Gasteiger partial charge in [-0.3, -0.25) is 0 Å². The number of sulfonamides is 1. The van der Waals surface area contributed by atoms with E-state index in [1.807, 2.05) is 27.7 Å². The quantitative estimate of drug-likeness (QED) is 0.856. The first-order chi connectivity index (χ1) is 8.90. The predicted octanol–water partition coefficient (Wildman–Crippen LogP) is 3.63. The number of halogens is 2. The van der Waals surface area contributed by atoms with Crippen LogP contribution in [0.4, 0.5) is 5.69 Å². The van der Waals surface area contributed by atoms with Gasteiger partial charge in [-0.2, -0.15) is 4.31 Å². The Morgan fingerprint density at radius 1 is 1.25 bits per heavy atom. The minimum Gasteiger partial charge on any atom is -0.396 e. The molecule has 0 heterocycles. The van der Waals surface area contributed by atoms with Crippen LogP contribution in [0.25, 0.3) is 0 Å². The number of benzene rings is 1. The van der Waals surface area contributed by atoms with Gasteiger partial charge in [0.2, 0.25) is 10.0 Å². The van der Waals surface area contributed by atoms with Crippen molar-refractivity contribution >= 4 is 38.9 Å². The van der Waals surface area contributed by atoms with Crippen LogP contribution >= 0.6 is 23.2 Å². The fraction of sp³-hybridized carbons (Fsp3) is 0.538. The van der Waals surface area contributed by atoms with Gasteiger partial charge in [0.05, 0.1) is 15.7 Å². The van der Waals surface area contributed by atoms with Gasteiger partial charge in [0, 0.05) is 13.1 Å². The molecule has 0 saturated carbocycles. The zero-order chi connectivity index (χ0) is 15.9. The van der Waals surface area contributed by atoms with E-state index in [0.29, 0.717) is 0 Å². The van der Waals surface area contributed by atoms with Crippen LogP contribution in [0.15, 0.2) is 17.0 Å². The van der Waals surface area contributed by atoms with Crippen molar-refractivity contribution in [3.05, 3.63) is 22.2 Å². The number of nitrogens with two attached hydrogens (primary N) is 1. The van der Waals surface area contributed by atoms with Crippen LogP contribution in [0.5, 0.6) is 0 Å². The topological polar surface area (TPSA) is 63.4 Å². The van der Waals surface area contributed by atoms with Crippen molar-refractivity contribution in [2.75, 3.05) is 12.8 Å². The Morgan fingerprint density at radius 2 is 1.75 bits per heavy atom. The van der Waals surface area contributed by atoms with Gasteiger partial charge in [0.15, 0.2) is 0 Å². The molecule has 0 aliphatic carbocycles. The van der Waals surface area contributed by atoms with Gasteiger partial charge in [-0.15, -0.1) is 0 Å². The van der Waals surface area contributed by atoms with Gasteiger partial charge in [0.25, 0.3) is 0 Å². The Hall–Kier alpha value is -0.490. The van der Waals surface area contributed by atoms with Crippen molar-refractivity contribution in [2.45, 2.75) is 38.6 Å². The third kappa shape index (κ3) is 3.22. The van der Waals surface area contributed by atoms with Gasteiger partial charge >= 0.3 is 0 Å². The average Bonchev–Trinajstić information content (AvgIpc) is 2.32. The van der Waals surface area contributed by atoms with E-state index >= 15 is 0 Å². The van der Waals surface area contributed by atoms with Gasteiger partial charge in [-0.25, -0.2) is 8.42 Å². The highest BCUT2D eigenvalue weighted by Crippen LogP contribution is 2.36. The normalized spacial score (nSPS) is 14.6. The molecule has 1 unspecified atom stereocenters. The van der Waals surface area contributed by atoms with Crippen molar-refractivity contribution in [3.63, 3.8) is 0 Å². The summed E-state index contributed by atoms with van der Waals surface area (Å²) in [7, 11) is -2.19. The minimum absolute atomic E-state index is 0.0281. The number of hydrogen-bond acceptors (Lipinski definition) is 3. The molecule has 0 radical (unpaired) electrons. The third-order valence-electron chi connectivity index (χ3n) is 3.55. The van der Waals surface area contributed by atoms with Crippen LogP contribution in [0.3, 0.4) is 0 Å². The van der Waals surface area contributed by atoms with E-state index in [0.717, 1.165) is 0 Å². The number of anilines is 1. The van der Waals surface area contributed by atoms with E-state index in [4.69, 9.17) is 28.9 Å². The first-order valence-electron chi connectivity index (χ1n) is 6.12. The van der Waals surface area contributed by atoms with Crippen molar-refractivity contribution in [2.24, 2.45) is 5.41 Å². The standard InChI is InChI=1S/C13H20Cl2N2O2S/c1-8(13(2,3)4)17(5)20(18,19)10-7-6-9(14)12(16)11(10)15/h6-8H,16H2,1-5H3. The highest BCUT2D eigenvalue weighted by atomic mass is 35.5. The summed E-state index contributed by atoms with van der Waals surface area (Å²) in [5.41, 5.74) is 5.57. The van der Waals surface area contributed by atoms with Crippen LogP contribution in [0.1, 0.15) is 27.7 Å². The van der Waals surface area contributed by atoms with Crippen LogP contribution in [-0.4, -0.2) is 25.8 Å². The van der Waals surface area contributed by atoms with Crippen molar-refractivity contribution in [3.8, 4) is 0 Å². The molecule has 0 fully saturated rings. The Morgan fingerprint density at radius 3 is 2.20 bits per heavy atom. The second-order valence-electron chi connectivity index (χ2n) is 5.84. The van der Waals surface area contributed by atoms with E-state index in [9.17, 15) is 8.42 Å². The average molecular weight is 339 g/mol. The van der Waals surface area contributed by atoms with Crippen LogP contribution in [0.2, 0.25) is 10.0 Å². The Kier molecular flexibility index (Phi) is 5.02. The second-order valence-corrected chi connectivity index (χ2v) is 8.59. The molecule has 1 aromatic carbocycles. The molecule has 1 atom stereocenters. The van der Waals surface area contributed by atoms with Crippen molar-refractivity contribution in [1.29, 1.82) is 0 Å². The zero-order valence-electron chi connectivity index (χ0n) is 12.2. The fourth-order valence-corrected chi connectivity index (χ4v) is 3.94. The van der Waals surface area contributed by atoms with Crippen LogP contribution < -0.4 is 5.73 Å². The van der Waals surface area contributed by atoms with Gasteiger partial charge in [-0.1, -0.05) is 44.0 Å². The van der Waals surface area contributed by atoms with Gasteiger partial charge in [-0.05, 0) is 24.5 Å². The minimum atomic E-state index is -3.73. The molecule has 114 valence electrons. The molecule has 20 heavy (non-hydrogen) atoms. The van der Waals surface area contributed by atoms with Crippen molar-refractivity contribution in [1.82, 2.24) is 4.31 Å². The lowest BCUT2D eigenvalue weighted by molar-refractivity contribution is 0.216. The SMILES string of the molecule is CC(N(C)S(=O)(=O)c1ccc(Cl)c(N)c1Cl)C(C)(C)C. The molecule has 4 nitrogen and oxygen atoms in total. The van der Waals surface area contributed by atoms with Crippen molar-refractivity contribution < 1.29 is 8.42 Å². The summed E-state index contributed by atoms with van der Waals surface area (Å²) >= 11 is 11.9. The monoisotopic (exact) mass is 338 g/mol. The first kappa shape index (κ1) is 17.6. The molecule has 1 rings (SSSR count). The molecule has 2 N–H and O–H groups in total. The number of nitrogen functional groups attached to an aromatic ring is 1. The summed E-state index contributed by atoms with van der Waals surface area (Å²) in [5.74, 6) is 0. The lowest BCUT2D eigenvalue weighted by Gasteiger charge is -2.34. The lowest BCUT2D eigenvalue weighted by Crippen LogP contribution is -2.42. The number of nitrogens with zero attached hydrogens (tertiary/aromatic N) is 1. The zero-order valence-corrected chi connectivity index (χ0v) is 14.6. The summed E-state index contributed by atoms with van der Waals surface area (Å²) in [6, 6.07) is 2.61. The van der Waals surface area contributed by atoms with Gasteiger partial charge in [0.1, 0.15) is 4.90 Å². The Balaban J connectivity index is 3.35. The summed E-state index contributed by atoms with van der Waals surface area (Å²) < 4.78 is 26.6. The molecule has 0 saturated heterocycles. The lowest BCUT2D eigenvalue weighted by atomic mass is 9.88. The third-order valence-corrected chi connectivity index (χ3v) is 6.37. The molecule has 0 aromatic heterocycles. The highest BCUT2D eigenvalue weighted by Gasteiger charge is 2.34. The second kappa shape index (κ2) is 5.72. The maximum absolute atomic E-state index is 12.6. The molecular weight excluding hydrogens is 319 g/mol. The van der Waals surface area contributed by atoms with E-state index in [2.05, 4.69) is 0 Å². The molecular formula is C13H20Cl2N2O2S. The summed E-state index contributed by atoms with van der Waals surface area (Å²) in [4.78, 5) is -0.0281. The maximum atomic E-state index is 12.6. The first-order valence-corrected chi connectivity index (χ1v) is 8.31. The van der Waals surface area contributed by atoms with E-state index in [-0.39, 0.29) is 32.1 Å². The summed E-state index contributed by atoms with van der Waals surface area (Å²) in [6.07, 6.45) is 0. The molecule has 1 aromatic rings. The Bertz CT molecular complexity index is 610.